The van der Waals surface area contributed by atoms with Gasteiger partial charge in [-0.25, -0.2) is 0 Å². The van der Waals surface area contributed by atoms with Crippen molar-refractivity contribution in [2.75, 3.05) is 11.9 Å². The number of halogens is 1. The summed E-state index contributed by atoms with van der Waals surface area (Å²) in [5, 5.41) is 14.1. The van der Waals surface area contributed by atoms with Gasteiger partial charge in [0.05, 0.1) is 11.3 Å². The van der Waals surface area contributed by atoms with Crippen LogP contribution in [0.2, 0.25) is 5.02 Å². The number of carbonyl (C=O) groups excluding carboxylic acids is 1. The molecule has 21 heavy (non-hydrogen) atoms. The van der Waals surface area contributed by atoms with E-state index in [0.717, 1.165) is 0 Å². The van der Waals surface area contributed by atoms with Crippen LogP contribution >= 0.6 is 11.6 Å². The lowest BCUT2D eigenvalue weighted by molar-refractivity contribution is 0.0715. The van der Waals surface area contributed by atoms with Crippen LogP contribution in [0.5, 0.6) is 0 Å². The predicted molar refractivity (Wildman–Crippen MR) is 82.3 cm³/mol. The van der Waals surface area contributed by atoms with Gasteiger partial charge < -0.3 is 16.2 Å². The number of nitrogens with two attached hydrogens (primary N) is 1. The van der Waals surface area contributed by atoms with E-state index in [1.165, 1.54) is 6.20 Å². The Balaban J connectivity index is 2.20. The Morgan fingerprint density at radius 1 is 1.43 bits per heavy atom. The maximum Gasteiger partial charge on any atom is 0.252 e. The zero-order valence-corrected chi connectivity index (χ0v) is 12.3. The summed E-state index contributed by atoms with van der Waals surface area (Å²) in [5.41, 5.74) is 5.48. The highest BCUT2D eigenvalue weighted by Crippen LogP contribution is 2.28. The Kier molecular flexibility index (Phi) is 4.45. The van der Waals surface area contributed by atoms with Crippen molar-refractivity contribution in [1.29, 1.82) is 0 Å². The summed E-state index contributed by atoms with van der Waals surface area (Å²) < 4.78 is 0. The van der Waals surface area contributed by atoms with Crippen LogP contribution in [0.3, 0.4) is 0 Å². The van der Waals surface area contributed by atoms with Crippen LogP contribution in [-0.2, 0) is 5.60 Å². The van der Waals surface area contributed by atoms with Gasteiger partial charge in [-0.15, -0.1) is 0 Å². The summed E-state index contributed by atoms with van der Waals surface area (Å²) in [6, 6.07) is 8.70. The van der Waals surface area contributed by atoms with Crippen LogP contribution < -0.4 is 11.1 Å². The minimum absolute atomic E-state index is 0.168. The van der Waals surface area contributed by atoms with Gasteiger partial charge in [-0.05, 0) is 19.1 Å². The molecule has 0 aliphatic carbocycles. The number of primary amides is 1. The quantitative estimate of drug-likeness (QED) is 0.790. The normalized spacial score (nSPS) is 13.5. The van der Waals surface area contributed by atoms with E-state index in [1.54, 1.807) is 43.5 Å². The first-order chi connectivity index (χ1) is 9.92. The average Bonchev–Trinajstić information content (AvgIpc) is 2.45. The fourth-order valence-electron chi connectivity index (χ4n) is 2.01. The van der Waals surface area contributed by atoms with Crippen LogP contribution in [0.25, 0.3) is 0 Å². The molecule has 0 fully saturated rings. The van der Waals surface area contributed by atoms with Crippen LogP contribution in [-0.4, -0.2) is 22.5 Å². The van der Waals surface area contributed by atoms with Gasteiger partial charge in [0.15, 0.2) is 0 Å². The maximum atomic E-state index is 11.3. The molecule has 0 aliphatic rings. The Hall–Kier alpha value is -2.11. The number of nitrogens with zero attached hydrogens (tertiary/aromatic N) is 1. The minimum Gasteiger partial charge on any atom is -0.384 e. The van der Waals surface area contributed by atoms with E-state index in [9.17, 15) is 9.90 Å². The second-order valence-corrected chi connectivity index (χ2v) is 5.30. The van der Waals surface area contributed by atoms with E-state index < -0.39 is 11.5 Å². The molecule has 1 amide bonds. The number of amides is 1. The van der Waals surface area contributed by atoms with E-state index in [4.69, 9.17) is 17.3 Å². The number of nitrogens with one attached hydrogen (secondary N) is 1. The first-order valence-electron chi connectivity index (χ1n) is 6.37. The van der Waals surface area contributed by atoms with Crippen molar-refractivity contribution in [1.82, 2.24) is 4.98 Å². The molecule has 4 N–H and O–H groups in total. The number of pyridine rings is 1. The monoisotopic (exact) mass is 305 g/mol. The number of carbonyl (C=O) groups is 1. The molecular formula is C15H16ClN3O2. The Morgan fingerprint density at radius 2 is 2.14 bits per heavy atom. The highest BCUT2D eigenvalue weighted by atomic mass is 35.5. The van der Waals surface area contributed by atoms with Gasteiger partial charge in [0.1, 0.15) is 5.60 Å². The van der Waals surface area contributed by atoms with Gasteiger partial charge in [0.25, 0.3) is 5.91 Å². The number of anilines is 1. The van der Waals surface area contributed by atoms with E-state index in [1.807, 2.05) is 0 Å². The molecule has 1 aromatic carbocycles. The molecule has 0 aliphatic heterocycles. The average molecular weight is 306 g/mol. The van der Waals surface area contributed by atoms with Crippen molar-refractivity contribution in [2.24, 2.45) is 5.73 Å². The van der Waals surface area contributed by atoms with Gasteiger partial charge in [0, 0.05) is 29.5 Å². The second kappa shape index (κ2) is 6.11. The van der Waals surface area contributed by atoms with Crippen molar-refractivity contribution in [3.63, 3.8) is 0 Å². The van der Waals surface area contributed by atoms with Crippen molar-refractivity contribution in [3.05, 3.63) is 58.9 Å². The lowest BCUT2D eigenvalue weighted by Gasteiger charge is -2.26. The highest BCUT2D eigenvalue weighted by Gasteiger charge is 2.25. The molecule has 0 radical (unpaired) electrons. The van der Waals surface area contributed by atoms with Crippen molar-refractivity contribution in [2.45, 2.75) is 12.5 Å². The molecule has 2 rings (SSSR count). The van der Waals surface area contributed by atoms with Gasteiger partial charge >= 0.3 is 0 Å². The summed E-state index contributed by atoms with van der Waals surface area (Å²) in [7, 11) is 0. The second-order valence-electron chi connectivity index (χ2n) is 4.89. The molecule has 0 bridgehead atoms. The van der Waals surface area contributed by atoms with E-state index in [0.29, 0.717) is 16.3 Å². The maximum absolute atomic E-state index is 11.3. The Bertz CT molecular complexity index is 659. The summed E-state index contributed by atoms with van der Waals surface area (Å²) in [5.74, 6) is -0.581. The Morgan fingerprint density at radius 3 is 2.81 bits per heavy atom. The van der Waals surface area contributed by atoms with Gasteiger partial charge in [0.2, 0.25) is 0 Å². The number of hydrogen-bond donors (Lipinski definition) is 3. The molecule has 5 nitrogen and oxygen atoms in total. The number of benzene rings is 1. The summed E-state index contributed by atoms with van der Waals surface area (Å²) in [6.07, 6.45) is 2.92. The SMILES string of the molecule is CC(O)(CNc1ccncc1C(N)=O)c1ccccc1Cl. The molecular weight excluding hydrogens is 290 g/mol. The number of rotatable bonds is 5. The Labute approximate surface area is 127 Å². The van der Waals surface area contributed by atoms with Crippen molar-refractivity contribution < 1.29 is 9.90 Å². The molecule has 110 valence electrons. The van der Waals surface area contributed by atoms with Crippen LogP contribution in [0, 0.1) is 0 Å². The predicted octanol–water partition coefficient (Wildman–Crippen LogP) is 2.15. The molecule has 2 aromatic rings. The minimum atomic E-state index is -1.20. The van der Waals surface area contributed by atoms with E-state index in [-0.39, 0.29) is 12.1 Å². The lowest BCUT2D eigenvalue weighted by Crippen LogP contribution is -2.31. The smallest absolute Gasteiger partial charge is 0.252 e. The molecule has 6 heteroatoms. The lowest BCUT2D eigenvalue weighted by atomic mass is 9.95. The fraction of sp³-hybridized carbons (Fsp3) is 0.200. The molecule has 1 unspecified atom stereocenters. The van der Waals surface area contributed by atoms with Crippen molar-refractivity contribution in [3.8, 4) is 0 Å². The van der Waals surface area contributed by atoms with Gasteiger partial charge in [-0.3, -0.25) is 9.78 Å². The zero-order chi connectivity index (χ0) is 15.5. The van der Waals surface area contributed by atoms with Gasteiger partial charge in [-0.2, -0.15) is 0 Å². The molecule has 1 atom stereocenters. The largest absolute Gasteiger partial charge is 0.384 e. The first-order valence-corrected chi connectivity index (χ1v) is 6.74. The third-order valence-corrected chi connectivity index (χ3v) is 3.49. The topological polar surface area (TPSA) is 88.2 Å². The molecule has 0 spiro atoms. The van der Waals surface area contributed by atoms with Gasteiger partial charge in [-0.1, -0.05) is 29.8 Å². The highest BCUT2D eigenvalue weighted by molar-refractivity contribution is 6.31. The number of aromatic nitrogens is 1. The molecule has 0 saturated heterocycles. The van der Waals surface area contributed by atoms with E-state index in [2.05, 4.69) is 10.3 Å². The standard InChI is InChI=1S/C15H16ClN3O2/c1-15(21,11-4-2-3-5-12(11)16)9-19-13-6-7-18-8-10(13)14(17)20/h2-8,21H,9H2,1H3,(H2,17,20)(H,18,19). The van der Waals surface area contributed by atoms with Crippen LogP contribution in [0.4, 0.5) is 5.69 Å². The fourth-order valence-corrected chi connectivity index (χ4v) is 2.34. The third-order valence-electron chi connectivity index (χ3n) is 3.16. The van der Waals surface area contributed by atoms with Crippen molar-refractivity contribution >= 4 is 23.2 Å². The molecule has 0 saturated carbocycles. The van der Waals surface area contributed by atoms with Crippen LogP contribution in [0.1, 0.15) is 22.8 Å². The number of aliphatic hydroxyl groups is 1. The van der Waals surface area contributed by atoms with Crippen LogP contribution in [0.15, 0.2) is 42.7 Å². The molecule has 1 aromatic heterocycles. The molecule has 1 heterocycles. The number of hydrogen-bond acceptors (Lipinski definition) is 4. The summed E-state index contributed by atoms with van der Waals surface area (Å²) in [6.45, 7) is 1.81. The van der Waals surface area contributed by atoms with E-state index >= 15 is 0 Å². The zero-order valence-electron chi connectivity index (χ0n) is 11.5. The third kappa shape index (κ3) is 3.51. The summed E-state index contributed by atoms with van der Waals surface area (Å²) in [4.78, 5) is 15.2. The summed E-state index contributed by atoms with van der Waals surface area (Å²) >= 11 is 6.10. The first kappa shape index (κ1) is 15.3.